The van der Waals surface area contributed by atoms with Crippen LogP contribution in [0.2, 0.25) is 0 Å². The Kier molecular flexibility index (Phi) is 4.14. The van der Waals surface area contributed by atoms with Gasteiger partial charge in [0.1, 0.15) is 13.2 Å². The van der Waals surface area contributed by atoms with Crippen molar-refractivity contribution >= 4 is 49.6 Å². The number of benzene rings is 2. The van der Waals surface area contributed by atoms with Crippen molar-refractivity contribution in [1.82, 2.24) is 9.97 Å². The van der Waals surface area contributed by atoms with Crippen LogP contribution in [0, 0.1) is 0 Å². The molecule has 1 amide bonds. The van der Waals surface area contributed by atoms with E-state index < -0.39 is 0 Å². The number of anilines is 1. The molecule has 1 aliphatic rings. The van der Waals surface area contributed by atoms with Gasteiger partial charge in [0, 0.05) is 35.4 Å². The van der Waals surface area contributed by atoms with Crippen molar-refractivity contribution in [3.05, 3.63) is 60.3 Å². The normalized spacial score (nSPS) is 13.3. The summed E-state index contributed by atoms with van der Waals surface area (Å²) in [5, 5.41) is 4.38. The number of hydrogen-bond donors (Lipinski definition) is 1. The Morgan fingerprint density at radius 2 is 1.93 bits per heavy atom. The maximum atomic E-state index is 12.4. The molecule has 5 rings (SSSR count). The molecule has 0 bridgehead atoms. The van der Waals surface area contributed by atoms with Crippen LogP contribution in [0.25, 0.3) is 27.2 Å². The summed E-state index contributed by atoms with van der Waals surface area (Å²) in [6, 6.07) is 13.5. The van der Waals surface area contributed by atoms with Crippen molar-refractivity contribution in [2.45, 2.75) is 0 Å². The summed E-state index contributed by atoms with van der Waals surface area (Å²) in [6.07, 6.45) is 5.00. The molecule has 138 valence electrons. The van der Waals surface area contributed by atoms with Crippen molar-refractivity contribution in [3.63, 3.8) is 0 Å². The van der Waals surface area contributed by atoms with Gasteiger partial charge >= 0.3 is 0 Å². The molecule has 0 fully saturated rings. The van der Waals surface area contributed by atoms with E-state index in [0.29, 0.717) is 29.8 Å². The molecule has 0 saturated heterocycles. The second-order valence-corrected chi connectivity index (χ2v) is 7.26. The number of aromatic nitrogens is 2. The minimum atomic E-state index is -0.246. The third kappa shape index (κ3) is 3.16. The molecule has 3 heterocycles. The molecule has 0 unspecified atom stereocenters. The maximum Gasteiger partial charge on any atom is 0.250 e. The Bertz CT molecular complexity index is 1180. The van der Waals surface area contributed by atoms with E-state index in [0.717, 1.165) is 26.7 Å². The quantitative estimate of drug-likeness (QED) is 0.530. The number of hydrogen-bond acceptors (Lipinski definition) is 6. The number of nitrogens with one attached hydrogen (secondary N) is 1. The molecule has 4 aromatic rings. The van der Waals surface area contributed by atoms with Gasteiger partial charge in [-0.15, -0.1) is 0 Å². The van der Waals surface area contributed by atoms with Crippen molar-refractivity contribution in [1.29, 1.82) is 0 Å². The van der Waals surface area contributed by atoms with Crippen LogP contribution < -0.4 is 14.8 Å². The molecule has 0 aliphatic carbocycles. The second kappa shape index (κ2) is 6.94. The molecular weight excluding hydrogens is 374 g/mol. The molecular formula is C21H15N3O3S. The SMILES string of the molecule is O=C(/C=C/c1cccc2cccnc12)Nc1nc2cc3c(cc2s1)OCCO3. The second-order valence-electron chi connectivity index (χ2n) is 6.23. The predicted molar refractivity (Wildman–Crippen MR) is 110 cm³/mol. The minimum absolute atomic E-state index is 0.246. The van der Waals surface area contributed by atoms with Gasteiger partial charge in [0.15, 0.2) is 16.6 Å². The van der Waals surface area contributed by atoms with Crippen LogP contribution >= 0.6 is 11.3 Å². The van der Waals surface area contributed by atoms with Crippen LogP contribution in [0.1, 0.15) is 5.56 Å². The summed E-state index contributed by atoms with van der Waals surface area (Å²) in [5.74, 6) is 1.15. The average molecular weight is 389 g/mol. The molecule has 6 nitrogen and oxygen atoms in total. The fourth-order valence-corrected chi connectivity index (χ4v) is 3.97. The van der Waals surface area contributed by atoms with Crippen LogP contribution in [0.4, 0.5) is 5.13 Å². The average Bonchev–Trinajstić information content (AvgIpc) is 3.11. The number of pyridine rings is 1. The Morgan fingerprint density at radius 1 is 1.11 bits per heavy atom. The number of fused-ring (bicyclic) bond motifs is 3. The van der Waals surface area contributed by atoms with Gasteiger partial charge in [-0.2, -0.15) is 0 Å². The summed E-state index contributed by atoms with van der Waals surface area (Å²) >= 11 is 1.40. The Labute approximate surface area is 164 Å². The number of carbonyl (C=O) groups is 1. The van der Waals surface area contributed by atoms with E-state index in [1.165, 1.54) is 17.4 Å². The van der Waals surface area contributed by atoms with Gasteiger partial charge in [0.2, 0.25) is 5.91 Å². The van der Waals surface area contributed by atoms with E-state index >= 15 is 0 Å². The monoisotopic (exact) mass is 389 g/mol. The van der Waals surface area contributed by atoms with Gasteiger partial charge in [-0.25, -0.2) is 4.98 Å². The topological polar surface area (TPSA) is 73.3 Å². The summed E-state index contributed by atoms with van der Waals surface area (Å²) in [6.45, 7) is 1.06. The summed E-state index contributed by atoms with van der Waals surface area (Å²) in [7, 11) is 0. The highest BCUT2D eigenvalue weighted by Crippen LogP contribution is 2.37. The highest BCUT2D eigenvalue weighted by atomic mass is 32.1. The molecule has 0 atom stereocenters. The van der Waals surface area contributed by atoms with Gasteiger partial charge in [0.05, 0.1) is 15.7 Å². The lowest BCUT2D eigenvalue weighted by atomic mass is 10.1. The number of ether oxygens (including phenoxy) is 2. The number of carbonyl (C=O) groups excluding carboxylic acids is 1. The molecule has 1 aliphatic heterocycles. The maximum absolute atomic E-state index is 12.4. The predicted octanol–water partition coefficient (Wildman–Crippen LogP) is 4.27. The van der Waals surface area contributed by atoms with Gasteiger partial charge in [-0.3, -0.25) is 15.1 Å². The number of nitrogens with zero attached hydrogens (tertiary/aromatic N) is 2. The third-order valence-electron chi connectivity index (χ3n) is 4.36. The molecule has 7 heteroatoms. The first-order valence-electron chi connectivity index (χ1n) is 8.79. The number of para-hydroxylation sites is 1. The highest BCUT2D eigenvalue weighted by molar-refractivity contribution is 7.22. The van der Waals surface area contributed by atoms with Crippen LogP contribution in [-0.4, -0.2) is 29.1 Å². The van der Waals surface area contributed by atoms with Crippen LogP contribution in [0.15, 0.2) is 54.7 Å². The summed E-state index contributed by atoms with van der Waals surface area (Å²) < 4.78 is 12.1. The van der Waals surface area contributed by atoms with Crippen molar-refractivity contribution in [2.24, 2.45) is 0 Å². The van der Waals surface area contributed by atoms with Gasteiger partial charge in [0.25, 0.3) is 0 Å². The minimum Gasteiger partial charge on any atom is -0.486 e. The van der Waals surface area contributed by atoms with Crippen LogP contribution in [0.3, 0.4) is 0 Å². The summed E-state index contributed by atoms with van der Waals surface area (Å²) in [5.41, 5.74) is 2.52. The Hall–Kier alpha value is -3.45. The molecule has 0 spiro atoms. The fraction of sp³-hybridized carbons (Fsp3) is 0.0952. The molecule has 2 aromatic heterocycles. The van der Waals surface area contributed by atoms with Gasteiger partial charge in [-0.1, -0.05) is 35.6 Å². The Balaban J connectivity index is 1.37. The first-order valence-corrected chi connectivity index (χ1v) is 9.61. The molecule has 0 saturated carbocycles. The number of thiazole rings is 1. The molecule has 28 heavy (non-hydrogen) atoms. The van der Waals surface area contributed by atoms with Gasteiger partial charge in [-0.05, 0) is 12.1 Å². The van der Waals surface area contributed by atoms with Crippen LogP contribution in [-0.2, 0) is 4.79 Å². The first-order chi connectivity index (χ1) is 13.8. The zero-order chi connectivity index (χ0) is 18.9. The lowest BCUT2D eigenvalue weighted by Gasteiger charge is -2.17. The largest absolute Gasteiger partial charge is 0.486 e. The van der Waals surface area contributed by atoms with E-state index in [1.54, 1.807) is 12.3 Å². The van der Waals surface area contributed by atoms with E-state index in [2.05, 4.69) is 15.3 Å². The van der Waals surface area contributed by atoms with Crippen molar-refractivity contribution < 1.29 is 14.3 Å². The van der Waals surface area contributed by atoms with Crippen LogP contribution in [0.5, 0.6) is 11.5 Å². The lowest BCUT2D eigenvalue weighted by Crippen LogP contribution is -2.15. The van der Waals surface area contributed by atoms with E-state index in [9.17, 15) is 4.79 Å². The highest BCUT2D eigenvalue weighted by Gasteiger charge is 2.15. The number of amides is 1. The smallest absolute Gasteiger partial charge is 0.250 e. The molecule has 2 aromatic carbocycles. The first kappa shape index (κ1) is 16.7. The number of rotatable bonds is 3. The zero-order valence-electron chi connectivity index (χ0n) is 14.7. The third-order valence-corrected chi connectivity index (χ3v) is 5.29. The lowest BCUT2D eigenvalue weighted by molar-refractivity contribution is -0.111. The molecule has 1 N–H and O–H groups in total. The van der Waals surface area contributed by atoms with Crippen molar-refractivity contribution in [2.75, 3.05) is 18.5 Å². The Morgan fingerprint density at radius 3 is 2.82 bits per heavy atom. The van der Waals surface area contributed by atoms with E-state index in [4.69, 9.17) is 9.47 Å². The molecule has 0 radical (unpaired) electrons. The summed E-state index contributed by atoms with van der Waals surface area (Å²) in [4.78, 5) is 21.2. The van der Waals surface area contributed by atoms with Gasteiger partial charge < -0.3 is 9.47 Å². The standard InChI is InChI=1S/C21H15N3O3S/c25-19(7-6-14-4-1-3-13-5-2-8-22-20(13)14)24-21-23-15-11-16-17(12-18(15)28-21)27-10-9-26-16/h1-8,11-12H,9-10H2,(H,23,24,25)/b7-6+. The fourth-order valence-electron chi connectivity index (χ4n) is 3.09. The van der Waals surface area contributed by atoms with Crippen molar-refractivity contribution in [3.8, 4) is 11.5 Å². The van der Waals surface area contributed by atoms with E-state index in [-0.39, 0.29) is 5.91 Å². The zero-order valence-corrected chi connectivity index (χ0v) is 15.5. The van der Waals surface area contributed by atoms with E-state index in [1.807, 2.05) is 42.5 Å².